The van der Waals surface area contributed by atoms with Gasteiger partial charge in [0, 0.05) is 41.3 Å². The molecule has 8 atom stereocenters. The van der Waals surface area contributed by atoms with Crippen LogP contribution in [0, 0.1) is 0 Å². The quantitative estimate of drug-likeness (QED) is 0.461. The Kier molecular flexibility index (Phi) is 6.38. The lowest BCUT2D eigenvalue weighted by atomic mass is 9.80. The van der Waals surface area contributed by atoms with Gasteiger partial charge in [-0.25, -0.2) is 0 Å². The Balaban J connectivity index is 1.38. The standard InChI is InChI=1S/C24H40O8/c1-25-19-20(26-2)32-24(28-4,16-14-22-12-8-6-10-18(22)30-22)23(27-3,31-19)15-13-21-11-7-5-9-17(21)29-21/h17-20H,5-16H2,1-4H3. The highest BCUT2D eigenvalue weighted by molar-refractivity contribution is 5.09. The van der Waals surface area contributed by atoms with Gasteiger partial charge in [-0.3, -0.25) is 0 Å². The third kappa shape index (κ3) is 3.75. The zero-order valence-electron chi connectivity index (χ0n) is 20.1. The third-order valence-electron chi connectivity index (χ3n) is 8.74. The molecule has 0 aromatic rings. The fourth-order valence-corrected chi connectivity index (χ4v) is 6.63. The van der Waals surface area contributed by atoms with Crippen molar-refractivity contribution in [3.63, 3.8) is 0 Å². The van der Waals surface area contributed by atoms with Gasteiger partial charge in [-0.05, 0) is 38.5 Å². The summed E-state index contributed by atoms with van der Waals surface area (Å²) in [6.07, 6.45) is 11.5. The van der Waals surface area contributed by atoms with Crippen LogP contribution >= 0.6 is 0 Å². The molecule has 2 aliphatic carbocycles. The molecule has 5 rings (SSSR count). The van der Waals surface area contributed by atoms with E-state index in [1.807, 2.05) is 0 Å². The number of ether oxygens (including phenoxy) is 8. The molecule has 0 aromatic carbocycles. The van der Waals surface area contributed by atoms with E-state index in [-0.39, 0.29) is 11.2 Å². The fourth-order valence-electron chi connectivity index (χ4n) is 6.63. The molecule has 2 saturated carbocycles. The summed E-state index contributed by atoms with van der Waals surface area (Å²) in [5, 5.41) is 0. The van der Waals surface area contributed by atoms with Gasteiger partial charge in [-0.2, -0.15) is 0 Å². The minimum atomic E-state index is -1.14. The van der Waals surface area contributed by atoms with Gasteiger partial charge in [-0.15, -0.1) is 0 Å². The molecule has 3 aliphatic heterocycles. The van der Waals surface area contributed by atoms with Crippen LogP contribution in [0.4, 0.5) is 0 Å². The number of methoxy groups -OCH3 is 4. The first kappa shape index (κ1) is 23.4. The van der Waals surface area contributed by atoms with E-state index in [4.69, 9.17) is 37.9 Å². The van der Waals surface area contributed by atoms with Crippen molar-refractivity contribution in [1.82, 2.24) is 0 Å². The van der Waals surface area contributed by atoms with E-state index in [2.05, 4.69) is 0 Å². The van der Waals surface area contributed by atoms with Crippen molar-refractivity contribution in [2.24, 2.45) is 0 Å². The zero-order valence-corrected chi connectivity index (χ0v) is 20.1. The van der Waals surface area contributed by atoms with Gasteiger partial charge in [0.1, 0.15) is 0 Å². The highest BCUT2D eigenvalue weighted by Crippen LogP contribution is 2.56. The monoisotopic (exact) mass is 456 g/mol. The Morgan fingerprint density at radius 2 is 1.03 bits per heavy atom. The predicted molar refractivity (Wildman–Crippen MR) is 114 cm³/mol. The fraction of sp³-hybridized carbons (Fsp3) is 1.00. The number of hydrogen-bond acceptors (Lipinski definition) is 8. The molecule has 8 nitrogen and oxygen atoms in total. The molecule has 0 bridgehead atoms. The zero-order chi connectivity index (χ0) is 22.5. The summed E-state index contributed by atoms with van der Waals surface area (Å²) in [6.45, 7) is 0. The van der Waals surface area contributed by atoms with Gasteiger partial charge in [0.05, 0.1) is 23.4 Å². The van der Waals surface area contributed by atoms with Crippen LogP contribution in [-0.2, 0) is 37.9 Å². The Hall–Kier alpha value is -0.320. The van der Waals surface area contributed by atoms with Crippen molar-refractivity contribution >= 4 is 0 Å². The van der Waals surface area contributed by atoms with E-state index in [0.29, 0.717) is 25.0 Å². The van der Waals surface area contributed by atoms with Gasteiger partial charge < -0.3 is 37.9 Å². The Bertz CT molecular complexity index is 620. The molecule has 8 heteroatoms. The van der Waals surface area contributed by atoms with Crippen molar-refractivity contribution in [2.75, 3.05) is 28.4 Å². The summed E-state index contributed by atoms with van der Waals surface area (Å²) >= 11 is 0. The maximum Gasteiger partial charge on any atom is 0.226 e. The smallest absolute Gasteiger partial charge is 0.226 e. The summed E-state index contributed by atoms with van der Waals surface area (Å²) in [7, 11) is 6.50. The van der Waals surface area contributed by atoms with Crippen LogP contribution in [-0.4, -0.2) is 76.0 Å². The summed E-state index contributed by atoms with van der Waals surface area (Å²) in [6, 6.07) is 0. The Labute approximate surface area is 191 Å². The maximum atomic E-state index is 6.51. The number of fused-ring (bicyclic) bond motifs is 2. The summed E-state index contributed by atoms with van der Waals surface area (Å²) < 4.78 is 48.8. The summed E-state index contributed by atoms with van der Waals surface area (Å²) in [4.78, 5) is 0. The second kappa shape index (κ2) is 8.72. The first-order chi connectivity index (χ1) is 15.5. The lowest BCUT2D eigenvalue weighted by Gasteiger charge is -2.54. The van der Waals surface area contributed by atoms with Gasteiger partial charge in [0.2, 0.25) is 24.2 Å². The molecule has 5 aliphatic rings. The molecule has 0 radical (unpaired) electrons. The lowest BCUT2D eigenvalue weighted by Crippen LogP contribution is -2.69. The predicted octanol–water partition coefficient (Wildman–Crippen LogP) is 3.65. The highest BCUT2D eigenvalue weighted by atomic mass is 16.9. The molecular formula is C24H40O8. The molecule has 3 heterocycles. The van der Waals surface area contributed by atoms with Gasteiger partial charge in [0.15, 0.2) is 0 Å². The van der Waals surface area contributed by atoms with Crippen molar-refractivity contribution < 1.29 is 37.9 Å². The van der Waals surface area contributed by atoms with E-state index in [9.17, 15) is 0 Å². The molecule has 0 aromatic heterocycles. The largest absolute Gasteiger partial charge is 0.366 e. The van der Waals surface area contributed by atoms with E-state index in [0.717, 1.165) is 38.5 Å². The average molecular weight is 457 g/mol. The molecule has 0 spiro atoms. The highest BCUT2D eigenvalue weighted by Gasteiger charge is 2.67. The van der Waals surface area contributed by atoms with Crippen LogP contribution in [0.25, 0.3) is 0 Å². The van der Waals surface area contributed by atoms with E-state index < -0.39 is 24.2 Å². The SMILES string of the molecule is COC1OC(CCC23CCCCC2O3)(OC)C(CCC23CCCCC2O3)(OC)OC1OC. The van der Waals surface area contributed by atoms with Crippen molar-refractivity contribution in [1.29, 1.82) is 0 Å². The molecule has 0 amide bonds. The van der Waals surface area contributed by atoms with Crippen LogP contribution < -0.4 is 0 Å². The van der Waals surface area contributed by atoms with Crippen LogP contribution in [0.15, 0.2) is 0 Å². The van der Waals surface area contributed by atoms with Crippen molar-refractivity contribution in [3.05, 3.63) is 0 Å². The van der Waals surface area contributed by atoms with Crippen molar-refractivity contribution in [2.45, 2.75) is 125 Å². The molecule has 5 fully saturated rings. The summed E-state index contributed by atoms with van der Waals surface area (Å²) in [5.74, 6) is -2.29. The van der Waals surface area contributed by atoms with Gasteiger partial charge in [0.25, 0.3) is 0 Å². The minimum Gasteiger partial charge on any atom is -0.366 e. The van der Waals surface area contributed by atoms with E-state index in [1.54, 1.807) is 28.4 Å². The topological polar surface area (TPSA) is 80.4 Å². The molecular weight excluding hydrogens is 416 g/mol. The van der Waals surface area contributed by atoms with E-state index >= 15 is 0 Å². The Morgan fingerprint density at radius 1 is 0.594 bits per heavy atom. The van der Waals surface area contributed by atoms with Crippen LogP contribution in [0.1, 0.15) is 77.0 Å². The summed E-state index contributed by atoms with van der Waals surface area (Å²) in [5.41, 5.74) is -0.111. The second-order valence-corrected chi connectivity index (χ2v) is 10.2. The van der Waals surface area contributed by atoms with Crippen LogP contribution in [0.2, 0.25) is 0 Å². The number of rotatable bonds is 10. The van der Waals surface area contributed by atoms with Crippen LogP contribution in [0.5, 0.6) is 0 Å². The van der Waals surface area contributed by atoms with E-state index in [1.165, 1.54) is 25.7 Å². The lowest BCUT2D eigenvalue weighted by molar-refractivity contribution is -0.512. The molecule has 184 valence electrons. The molecule has 8 unspecified atom stereocenters. The minimum absolute atomic E-state index is 0.0555. The first-order valence-corrected chi connectivity index (χ1v) is 12.4. The third-order valence-corrected chi connectivity index (χ3v) is 8.74. The molecule has 3 saturated heterocycles. The average Bonchev–Trinajstić information content (AvgIpc) is 3.74. The van der Waals surface area contributed by atoms with Gasteiger partial charge >= 0.3 is 0 Å². The van der Waals surface area contributed by atoms with Crippen molar-refractivity contribution in [3.8, 4) is 0 Å². The maximum absolute atomic E-state index is 6.51. The van der Waals surface area contributed by atoms with Crippen LogP contribution in [0.3, 0.4) is 0 Å². The molecule has 32 heavy (non-hydrogen) atoms. The number of epoxide rings is 2. The normalized spacial score (nSPS) is 49.9. The Morgan fingerprint density at radius 3 is 1.38 bits per heavy atom. The van der Waals surface area contributed by atoms with Gasteiger partial charge in [-0.1, -0.05) is 25.7 Å². The first-order valence-electron chi connectivity index (χ1n) is 12.4. The number of hydrogen-bond donors (Lipinski definition) is 0. The molecule has 0 N–H and O–H groups in total. The second-order valence-electron chi connectivity index (χ2n) is 10.2.